The number of carbonyl (C=O) groups is 1. The second kappa shape index (κ2) is 4.34. The summed E-state index contributed by atoms with van der Waals surface area (Å²) < 4.78 is 0. The summed E-state index contributed by atoms with van der Waals surface area (Å²) in [6, 6.07) is 0.585. The van der Waals surface area contributed by atoms with Gasteiger partial charge in [0, 0.05) is 44.2 Å². The average molecular weight is 225 g/mol. The van der Waals surface area contributed by atoms with Crippen molar-refractivity contribution in [3.05, 3.63) is 0 Å². The number of hydrogen-bond donors (Lipinski definition) is 1. The molecule has 0 aromatic rings. The Kier molecular flexibility index (Phi) is 3.22. The maximum Gasteiger partial charge on any atom is 0.224 e. The Morgan fingerprint density at radius 2 is 1.81 bits per heavy atom. The SMILES string of the molecule is CC(C)N1CCN(C(=O)CC2(N)CC2)CC1. The summed E-state index contributed by atoms with van der Waals surface area (Å²) in [5.74, 6) is 0.253. The predicted molar refractivity (Wildman–Crippen MR) is 64.1 cm³/mol. The topological polar surface area (TPSA) is 49.6 Å². The Hall–Kier alpha value is -0.610. The molecule has 4 heteroatoms. The first-order valence-electron chi connectivity index (χ1n) is 6.31. The Balaban J connectivity index is 1.77. The molecular weight excluding hydrogens is 202 g/mol. The maximum absolute atomic E-state index is 12.0. The zero-order chi connectivity index (χ0) is 11.8. The van der Waals surface area contributed by atoms with Crippen molar-refractivity contribution < 1.29 is 4.79 Å². The highest BCUT2D eigenvalue weighted by molar-refractivity contribution is 5.78. The van der Waals surface area contributed by atoms with Gasteiger partial charge in [0.15, 0.2) is 0 Å². The minimum absolute atomic E-state index is 0.147. The lowest BCUT2D eigenvalue weighted by Gasteiger charge is -2.37. The van der Waals surface area contributed by atoms with Crippen molar-refractivity contribution in [1.29, 1.82) is 0 Å². The van der Waals surface area contributed by atoms with Crippen LogP contribution in [0.5, 0.6) is 0 Å². The van der Waals surface area contributed by atoms with Crippen molar-refractivity contribution in [2.75, 3.05) is 26.2 Å². The third kappa shape index (κ3) is 2.74. The van der Waals surface area contributed by atoms with Crippen molar-refractivity contribution in [2.45, 2.75) is 44.7 Å². The summed E-state index contributed by atoms with van der Waals surface area (Å²) in [7, 11) is 0. The second-order valence-corrected chi connectivity index (χ2v) is 5.55. The molecule has 0 aromatic carbocycles. The average Bonchev–Trinajstić information content (AvgIpc) is 2.96. The monoisotopic (exact) mass is 225 g/mol. The molecule has 1 aliphatic carbocycles. The lowest BCUT2D eigenvalue weighted by atomic mass is 10.1. The summed E-state index contributed by atoms with van der Waals surface area (Å²) in [6.45, 7) is 8.15. The molecule has 2 N–H and O–H groups in total. The number of piperazine rings is 1. The highest BCUT2D eigenvalue weighted by atomic mass is 16.2. The van der Waals surface area contributed by atoms with E-state index < -0.39 is 0 Å². The molecule has 2 rings (SSSR count). The van der Waals surface area contributed by atoms with Crippen LogP contribution in [0.15, 0.2) is 0 Å². The van der Waals surface area contributed by atoms with Crippen molar-refractivity contribution in [3.63, 3.8) is 0 Å². The van der Waals surface area contributed by atoms with E-state index in [9.17, 15) is 4.79 Å². The molecule has 16 heavy (non-hydrogen) atoms. The van der Waals surface area contributed by atoms with Gasteiger partial charge in [-0.3, -0.25) is 9.69 Å². The first-order valence-corrected chi connectivity index (χ1v) is 6.31. The number of amides is 1. The third-order valence-corrected chi connectivity index (χ3v) is 3.79. The maximum atomic E-state index is 12.0. The molecule has 1 aliphatic heterocycles. The van der Waals surface area contributed by atoms with Gasteiger partial charge in [-0.25, -0.2) is 0 Å². The quantitative estimate of drug-likeness (QED) is 0.757. The van der Waals surface area contributed by atoms with Gasteiger partial charge in [-0.1, -0.05) is 0 Å². The van der Waals surface area contributed by atoms with E-state index in [-0.39, 0.29) is 11.4 Å². The van der Waals surface area contributed by atoms with E-state index in [0.29, 0.717) is 12.5 Å². The Morgan fingerprint density at radius 3 is 2.25 bits per heavy atom. The standard InChI is InChI=1S/C12H23N3O/c1-10(2)14-5-7-15(8-6-14)11(16)9-12(13)3-4-12/h10H,3-9,13H2,1-2H3. The Labute approximate surface area is 97.8 Å². The fourth-order valence-corrected chi connectivity index (χ4v) is 2.24. The van der Waals surface area contributed by atoms with E-state index in [1.54, 1.807) is 0 Å². The fourth-order valence-electron chi connectivity index (χ4n) is 2.24. The summed E-state index contributed by atoms with van der Waals surface area (Å²) in [6.07, 6.45) is 2.59. The van der Waals surface area contributed by atoms with Crippen LogP contribution < -0.4 is 5.73 Å². The fraction of sp³-hybridized carbons (Fsp3) is 0.917. The molecular formula is C12H23N3O. The summed E-state index contributed by atoms with van der Waals surface area (Å²) in [5, 5.41) is 0. The minimum atomic E-state index is -0.147. The van der Waals surface area contributed by atoms with Gasteiger partial charge in [0.25, 0.3) is 0 Å². The molecule has 0 aromatic heterocycles. The van der Waals surface area contributed by atoms with Crippen LogP contribution in [-0.4, -0.2) is 53.5 Å². The number of rotatable bonds is 3. The van der Waals surface area contributed by atoms with Crippen molar-refractivity contribution in [2.24, 2.45) is 5.73 Å². The zero-order valence-electron chi connectivity index (χ0n) is 10.4. The van der Waals surface area contributed by atoms with Gasteiger partial charge in [0.05, 0.1) is 0 Å². The highest BCUT2D eigenvalue weighted by Crippen LogP contribution is 2.36. The lowest BCUT2D eigenvalue weighted by Crippen LogP contribution is -2.51. The summed E-state index contributed by atoms with van der Waals surface area (Å²) >= 11 is 0. The van der Waals surface area contributed by atoms with E-state index >= 15 is 0 Å². The van der Waals surface area contributed by atoms with Gasteiger partial charge in [-0.2, -0.15) is 0 Å². The number of nitrogens with two attached hydrogens (primary N) is 1. The van der Waals surface area contributed by atoms with Crippen LogP contribution in [0.3, 0.4) is 0 Å². The molecule has 1 amide bonds. The molecule has 0 bridgehead atoms. The molecule has 2 aliphatic rings. The second-order valence-electron chi connectivity index (χ2n) is 5.55. The smallest absolute Gasteiger partial charge is 0.224 e. The van der Waals surface area contributed by atoms with Crippen LogP contribution in [0.25, 0.3) is 0 Å². The molecule has 0 radical (unpaired) electrons. The van der Waals surface area contributed by atoms with Gasteiger partial charge in [-0.05, 0) is 26.7 Å². The Bertz CT molecular complexity index is 265. The van der Waals surface area contributed by atoms with Crippen LogP contribution in [0.4, 0.5) is 0 Å². The van der Waals surface area contributed by atoms with Gasteiger partial charge < -0.3 is 10.6 Å². The molecule has 1 saturated heterocycles. The van der Waals surface area contributed by atoms with E-state index in [2.05, 4.69) is 18.7 Å². The van der Waals surface area contributed by atoms with Crippen LogP contribution in [0.2, 0.25) is 0 Å². The highest BCUT2D eigenvalue weighted by Gasteiger charge is 2.41. The first-order chi connectivity index (χ1) is 7.50. The molecule has 92 valence electrons. The molecule has 2 fully saturated rings. The van der Waals surface area contributed by atoms with E-state index in [4.69, 9.17) is 5.73 Å². The van der Waals surface area contributed by atoms with Crippen molar-refractivity contribution in [3.8, 4) is 0 Å². The first kappa shape index (κ1) is 11.9. The molecule has 0 atom stereocenters. The van der Waals surface area contributed by atoms with Gasteiger partial charge in [-0.15, -0.1) is 0 Å². The van der Waals surface area contributed by atoms with Gasteiger partial charge in [0.1, 0.15) is 0 Å². The molecule has 0 unspecified atom stereocenters. The summed E-state index contributed by atoms with van der Waals surface area (Å²) in [5.41, 5.74) is 5.83. The van der Waals surface area contributed by atoms with E-state index in [1.165, 1.54) is 0 Å². The predicted octanol–water partition coefficient (Wildman–Crippen LogP) is 0.420. The number of nitrogens with zero attached hydrogens (tertiary/aromatic N) is 2. The number of hydrogen-bond acceptors (Lipinski definition) is 3. The van der Waals surface area contributed by atoms with E-state index in [1.807, 2.05) is 4.90 Å². The van der Waals surface area contributed by atoms with Crippen LogP contribution >= 0.6 is 0 Å². The largest absolute Gasteiger partial charge is 0.340 e. The molecule has 0 spiro atoms. The minimum Gasteiger partial charge on any atom is -0.340 e. The third-order valence-electron chi connectivity index (χ3n) is 3.79. The lowest BCUT2D eigenvalue weighted by molar-refractivity contribution is -0.133. The van der Waals surface area contributed by atoms with Crippen molar-refractivity contribution >= 4 is 5.91 Å². The number of carbonyl (C=O) groups excluding carboxylic acids is 1. The molecule has 1 heterocycles. The zero-order valence-corrected chi connectivity index (χ0v) is 10.4. The van der Waals surface area contributed by atoms with Gasteiger partial charge >= 0.3 is 0 Å². The summed E-state index contributed by atoms with van der Waals surface area (Å²) in [4.78, 5) is 16.4. The normalized spacial score (nSPS) is 24.9. The van der Waals surface area contributed by atoms with Crippen LogP contribution in [0, 0.1) is 0 Å². The van der Waals surface area contributed by atoms with Gasteiger partial charge in [0.2, 0.25) is 5.91 Å². The Morgan fingerprint density at radius 1 is 1.25 bits per heavy atom. The van der Waals surface area contributed by atoms with Crippen LogP contribution in [0.1, 0.15) is 33.1 Å². The molecule has 4 nitrogen and oxygen atoms in total. The van der Waals surface area contributed by atoms with E-state index in [0.717, 1.165) is 39.0 Å². The van der Waals surface area contributed by atoms with Crippen molar-refractivity contribution in [1.82, 2.24) is 9.80 Å². The van der Waals surface area contributed by atoms with Crippen LogP contribution in [-0.2, 0) is 4.79 Å². The molecule has 1 saturated carbocycles.